The molecule has 0 unspecified atom stereocenters. The third kappa shape index (κ3) is 4.67. The van der Waals surface area contributed by atoms with E-state index in [4.69, 9.17) is 0 Å². The topological polar surface area (TPSA) is 34.1 Å². The molecule has 2 heteroatoms. The summed E-state index contributed by atoms with van der Waals surface area (Å²) in [6, 6.07) is 0. The van der Waals surface area contributed by atoms with Crippen molar-refractivity contribution < 1.29 is 9.59 Å². The molecule has 0 bridgehead atoms. The summed E-state index contributed by atoms with van der Waals surface area (Å²) in [6.07, 6.45) is 13.5. The van der Waals surface area contributed by atoms with Gasteiger partial charge in [0, 0.05) is 11.8 Å². The van der Waals surface area contributed by atoms with Crippen LogP contribution in [0.4, 0.5) is 0 Å². The molecule has 0 atom stereocenters. The van der Waals surface area contributed by atoms with E-state index in [9.17, 15) is 9.59 Å². The van der Waals surface area contributed by atoms with E-state index in [1.165, 1.54) is 25.7 Å². The molecular formula is C20H34O2. The summed E-state index contributed by atoms with van der Waals surface area (Å²) < 4.78 is 0. The van der Waals surface area contributed by atoms with Crippen molar-refractivity contribution in [3.63, 3.8) is 0 Å². The number of carbonyl (C=O) groups excluding carboxylic acids is 2. The fourth-order valence-electron chi connectivity index (χ4n) is 4.65. The standard InChI is InChI=1S/C20H34O2/c1-3-5-15-7-11-17(12-8-15)19(21)20(22)18-13-9-16(6-4-2)10-14-18/h15-18H,3-14H2,1-2H3. The van der Waals surface area contributed by atoms with Crippen LogP contribution in [0.1, 0.15) is 90.9 Å². The van der Waals surface area contributed by atoms with Gasteiger partial charge in [-0.2, -0.15) is 0 Å². The van der Waals surface area contributed by atoms with Crippen LogP contribution in [-0.4, -0.2) is 11.6 Å². The largest absolute Gasteiger partial charge is 0.291 e. The molecule has 0 saturated heterocycles. The normalized spacial score (nSPS) is 32.6. The summed E-state index contributed by atoms with van der Waals surface area (Å²) in [6.45, 7) is 4.46. The molecular weight excluding hydrogens is 272 g/mol. The predicted molar refractivity (Wildman–Crippen MR) is 90.7 cm³/mol. The minimum Gasteiger partial charge on any atom is -0.291 e. The van der Waals surface area contributed by atoms with E-state index in [1.807, 2.05) is 0 Å². The Bertz CT molecular complexity index is 322. The van der Waals surface area contributed by atoms with Gasteiger partial charge in [-0.05, 0) is 63.2 Å². The molecule has 0 amide bonds. The van der Waals surface area contributed by atoms with Crippen LogP contribution in [0, 0.1) is 23.7 Å². The van der Waals surface area contributed by atoms with Crippen molar-refractivity contribution in [1.29, 1.82) is 0 Å². The summed E-state index contributed by atoms with van der Waals surface area (Å²) in [4.78, 5) is 25.0. The highest BCUT2D eigenvalue weighted by Gasteiger charge is 2.35. The molecule has 0 N–H and O–H groups in total. The van der Waals surface area contributed by atoms with Crippen molar-refractivity contribution in [3.8, 4) is 0 Å². The molecule has 0 spiro atoms. The second kappa shape index (κ2) is 8.84. The molecule has 0 aromatic carbocycles. The third-order valence-electron chi connectivity index (χ3n) is 6.07. The Morgan fingerprint density at radius 3 is 1.23 bits per heavy atom. The third-order valence-corrected chi connectivity index (χ3v) is 6.07. The van der Waals surface area contributed by atoms with Gasteiger partial charge in [0.1, 0.15) is 0 Å². The maximum atomic E-state index is 12.5. The molecule has 0 heterocycles. The lowest BCUT2D eigenvalue weighted by atomic mass is 9.73. The number of Topliss-reactive ketones (excluding diaryl/α,β-unsaturated/α-hetero) is 2. The minimum atomic E-state index is -0.0195. The summed E-state index contributed by atoms with van der Waals surface area (Å²) in [5.74, 6) is 1.66. The number of ketones is 2. The van der Waals surface area contributed by atoms with Gasteiger partial charge >= 0.3 is 0 Å². The van der Waals surface area contributed by atoms with Crippen molar-refractivity contribution in [3.05, 3.63) is 0 Å². The van der Waals surface area contributed by atoms with Crippen LogP contribution in [0.2, 0.25) is 0 Å². The van der Waals surface area contributed by atoms with Gasteiger partial charge in [0.25, 0.3) is 0 Å². The average molecular weight is 306 g/mol. The maximum absolute atomic E-state index is 12.5. The molecule has 2 nitrogen and oxygen atoms in total. The summed E-state index contributed by atoms with van der Waals surface area (Å²) in [5, 5.41) is 0. The number of rotatable bonds is 7. The fourth-order valence-corrected chi connectivity index (χ4v) is 4.65. The Hall–Kier alpha value is -0.660. The van der Waals surface area contributed by atoms with Crippen molar-refractivity contribution in [1.82, 2.24) is 0 Å². The molecule has 0 aromatic rings. The summed E-state index contributed by atoms with van der Waals surface area (Å²) in [5.41, 5.74) is 0. The molecule has 2 saturated carbocycles. The quantitative estimate of drug-likeness (QED) is 0.595. The summed E-state index contributed by atoms with van der Waals surface area (Å²) >= 11 is 0. The van der Waals surface area contributed by atoms with E-state index in [0.717, 1.165) is 63.2 Å². The van der Waals surface area contributed by atoms with Crippen LogP contribution in [0.25, 0.3) is 0 Å². The van der Waals surface area contributed by atoms with E-state index in [2.05, 4.69) is 13.8 Å². The Labute approximate surface area is 136 Å². The van der Waals surface area contributed by atoms with E-state index >= 15 is 0 Å². The zero-order valence-electron chi connectivity index (χ0n) is 14.6. The number of carbonyl (C=O) groups is 2. The molecule has 2 aliphatic carbocycles. The molecule has 126 valence electrons. The van der Waals surface area contributed by atoms with Crippen molar-refractivity contribution in [2.24, 2.45) is 23.7 Å². The van der Waals surface area contributed by atoms with Gasteiger partial charge in [0.2, 0.25) is 11.6 Å². The maximum Gasteiger partial charge on any atom is 0.201 e. The number of hydrogen-bond acceptors (Lipinski definition) is 2. The molecule has 2 aliphatic rings. The second-order valence-electron chi connectivity index (χ2n) is 7.74. The highest BCUT2D eigenvalue weighted by molar-refractivity contribution is 6.38. The SMILES string of the molecule is CCCC1CCC(C(=O)C(=O)C2CCC(CCC)CC2)CC1. The Morgan fingerprint density at radius 2 is 0.955 bits per heavy atom. The van der Waals surface area contributed by atoms with E-state index in [1.54, 1.807) is 0 Å². The van der Waals surface area contributed by atoms with Crippen molar-refractivity contribution in [2.45, 2.75) is 90.9 Å². The lowest BCUT2D eigenvalue weighted by molar-refractivity contribution is -0.142. The van der Waals surface area contributed by atoms with Crippen LogP contribution < -0.4 is 0 Å². The van der Waals surface area contributed by atoms with Gasteiger partial charge in [-0.3, -0.25) is 9.59 Å². The first-order chi connectivity index (χ1) is 10.7. The smallest absolute Gasteiger partial charge is 0.201 e. The highest BCUT2D eigenvalue weighted by atomic mass is 16.2. The van der Waals surface area contributed by atoms with Gasteiger partial charge in [-0.25, -0.2) is 0 Å². The van der Waals surface area contributed by atoms with Gasteiger partial charge in [0.15, 0.2) is 0 Å². The average Bonchev–Trinajstić information content (AvgIpc) is 2.55. The second-order valence-corrected chi connectivity index (χ2v) is 7.74. The lowest BCUT2D eigenvalue weighted by Gasteiger charge is -2.30. The van der Waals surface area contributed by atoms with Gasteiger partial charge in [-0.1, -0.05) is 39.5 Å². The zero-order chi connectivity index (χ0) is 15.9. The van der Waals surface area contributed by atoms with Gasteiger partial charge in [0.05, 0.1) is 0 Å². The Morgan fingerprint density at radius 1 is 0.636 bits per heavy atom. The highest BCUT2D eigenvalue weighted by Crippen LogP contribution is 2.35. The number of hydrogen-bond donors (Lipinski definition) is 0. The van der Waals surface area contributed by atoms with Crippen LogP contribution >= 0.6 is 0 Å². The van der Waals surface area contributed by atoms with E-state index in [-0.39, 0.29) is 23.4 Å². The first-order valence-electron chi connectivity index (χ1n) is 9.73. The Kier molecular flexibility index (Phi) is 7.11. The van der Waals surface area contributed by atoms with Crippen molar-refractivity contribution in [2.75, 3.05) is 0 Å². The summed E-state index contributed by atoms with van der Waals surface area (Å²) in [7, 11) is 0. The van der Waals surface area contributed by atoms with Crippen LogP contribution in [0.15, 0.2) is 0 Å². The van der Waals surface area contributed by atoms with E-state index in [0.29, 0.717) is 0 Å². The molecule has 2 rings (SSSR count). The van der Waals surface area contributed by atoms with Crippen LogP contribution in [0.5, 0.6) is 0 Å². The van der Waals surface area contributed by atoms with E-state index < -0.39 is 0 Å². The van der Waals surface area contributed by atoms with Crippen LogP contribution in [0.3, 0.4) is 0 Å². The predicted octanol–water partition coefficient (Wildman–Crippen LogP) is 5.34. The molecule has 22 heavy (non-hydrogen) atoms. The molecule has 2 fully saturated rings. The van der Waals surface area contributed by atoms with Crippen molar-refractivity contribution >= 4 is 11.6 Å². The first kappa shape index (κ1) is 17.7. The van der Waals surface area contributed by atoms with Crippen LogP contribution in [-0.2, 0) is 9.59 Å². The van der Waals surface area contributed by atoms with Gasteiger partial charge < -0.3 is 0 Å². The first-order valence-corrected chi connectivity index (χ1v) is 9.73. The fraction of sp³-hybridized carbons (Fsp3) is 0.900. The lowest BCUT2D eigenvalue weighted by Crippen LogP contribution is -2.34. The minimum absolute atomic E-state index is 0.0195. The molecule has 0 radical (unpaired) electrons. The Balaban J connectivity index is 1.77. The monoisotopic (exact) mass is 306 g/mol. The van der Waals surface area contributed by atoms with Gasteiger partial charge in [-0.15, -0.1) is 0 Å². The zero-order valence-corrected chi connectivity index (χ0v) is 14.6. The molecule has 0 aromatic heterocycles. The molecule has 0 aliphatic heterocycles.